The maximum absolute atomic E-state index is 11.8. The second-order valence-corrected chi connectivity index (χ2v) is 6.48. The number of carbonyl (C=O) groups excluding carboxylic acids is 1. The fourth-order valence-corrected chi connectivity index (χ4v) is 2.77. The van der Waals surface area contributed by atoms with Crippen molar-refractivity contribution in [3.8, 4) is 17.0 Å². The third kappa shape index (κ3) is 5.59. The van der Waals surface area contributed by atoms with Gasteiger partial charge in [-0.1, -0.05) is 12.1 Å². The molecule has 1 aromatic carbocycles. The third-order valence-electron chi connectivity index (χ3n) is 3.32. The number of hydrogen-bond donors (Lipinski definition) is 2. The Morgan fingerprint density at radius 2 is 2.17 bits per heavy atom. The number of aromatic nitrogens is 1. The van der Waals surface area contributed by atoms with Crippen LogP contribution in [0.3, 0.4) is 0 Å². The molecule has 3 N–H and O–H groups in total. The Labute approximate surface area is 146 Å². The van der Waals surface area contributed by atoms with Gasteiger partial charge in [0, 0.05) is 23.9 Å². The Morgan fingerprint density at radius 3 is 2.92 bits per heavy atom. The molecular weight excluding hydrogens is 324 g/mol. The standard InChI is InChI=1S/C17H24N4O2S/c1-21(2)10-11-23-15-7-4-3-6-13(15)14-12-24-17(19-14)20-16(22)8-5-9-18/h3-4,6-7,12H,5,8-11,18H2,1-2H3,(H,19,20,22). The van der Waals surface area contributed by atoms with Gasteiger partial charge in [-0.3, -0.25) is 4.79 Å². The lowest BCUT2D eigenvalue weighted by Crippen LogP contribution is -2.19. The van der Waals surface area contributed by atoms with Crippen LogP contribution < -0.4 is 15.8 Å². The molecule has 0 spiro atoms. The number of rotatable bonds is 9. The maximum atomic E-state index is 11.8. The highest BCUT2D eigenvalue weighted by Crippen LogP contribution is 2.32. The van der Waals surface area contributed by atoms with E-state index in [1.807, 2.05) is 43.7 Å². The Morgan fingerprint density at radius 1 is 1.38 bits per heavy atom. The molecule has 0 aliphatic heterocycles. The predicted molar refractivity (Wildman–Crippen MR) is 98.5 cm³/mol. The lowest BCUT2D eigenvalue weighted by molar-refractivity contribution is -0.116. The van der Waals surface area contributed by atoms with Crippen LogP contribution in [0.2, 0.25) is 0 Å². The summed E-state index contributed by atoms with van der Waals surface area (Å²) in [7, 11) is 4.02. The van der Waals surface area contributed by atoms with E-state index in [0.29, 0.717) is 31.1 Å². The van der Waals surface area contributed by atoms with Crippen LogP contribution in [0.15, 0.2) is 29.6 Å². The molecule has 1 heterocycles. The molecule has 0 bridgehead atoms. The number of ether oxygens (including phenoxy) is 1. The molecule has 0 aliphatic rings. The number of para-hydroxylation sites is 1. The number of nitrogens with two attached hydrogens (primary N) is 1. The first-order valence-corrected chi connectivity index (χ1v) is 8.80. The van der Waals surface area contributed by atoms with E-state index in [-0.39, 0.29) is 5.91 Å². The molecule has 130 valence electrons. The van der Waals surface area contributed by atoms with Gasteiger partial charge < -0.3 is 20.7 Å². The molecule has 0 radical (unpaired) electrons. The first kappa shape index (κ1) is 18.4. The zero-order valence-electron chi connectivity index (χ0n) is 14.1. The molecule has 1 aromatic heterocycles. The number of nitrogens with zero attached hydrogens (tertiary/aromatic N) is 2. The van der Waals surface area contributed by atoms with E-state index >= 15 is 0 Å². The molecule has 2 aromatic rings. The van der Waals surface area contributed by atoms with Crippen LogP contribution >= 0.6 is 11.3 Å². The van der Waals surface area contributed by atoms with E-state index < -0.39 is 0 Å². The van der Waals surface area contributed by atoms with Crippen LogP contribution in [0.25, 0.3) is 11.3 Å². The molecule has 1 amide bonds. The summed E-state index contributed by atoms with van der Waals surface area (Å²) < 4.78 is 5.87. The van der Waals surface area contributed by atoms with Crippen molar-refractivity contribution in [3.63, 3.8) is 0 Å². The Bertz CT molecular complexity index is 658. The number of anilines is 1. The summed E-state index contributed by atoms with van der Waals surface area (Å²) in [5.74, 6) is 0.738. The van der Waals surface area contributed by atoms with Crippen LogP contribution in [0.1, 0.15) is 12.8 Å². The van der Waals surface area contributed by atoms with Gasteiger partial charge in [-0.15, -0.1) is 11.3 Å². The van der Waals surface area contributed by atoms with Crippen molar-refractivity contribution < 1.29 is 9.53 Å². The second-order valence-electron chi connectivity index (χ2n) is 5.63. The molecular formula is C17H24N4O2S. The summed E-state index contributed by atoms with van der Waals surface area (Å²) in [6.07, 6.45) is 1.09. The van der Waals surface area contributed by atoms with E-state index in [2.05, 4.69) is 15.2 Å². The van der Waals surface area contributed by atoms with Gasteiger partial charge in [0.1, 0.15) is 12.4 Å². The van der Waals surface area contributed by atoms with Crippen molar-refractivity contribution in [2.45, 2.75) is 12.8 Å². The summed E-state index contributed by atoms with van der Waals surface area (Å²) in [5, 5.41) is 5.33. The fourth-order valence-electron chi connectivity index (χ4n) is 2.04. The SMILES string of the molecule is CN(C)CCOc1ccccc1-c1csc(NC(=O)CCCN)n1. The van der Waals surface area contributed by atoms with Gasteiger partial charge in [-0.05, 0) is 39.2 Å². The molecule has 0 fully saturated rings. The highest BCUT2D eigenvalue weighted by molar-refractivity contribution is 7.14. The van der Waals surface area contributed by atoms with Gasteiger partial charge in [-0.25, -0.2) is 4.98 Å². The number of likely N-dealkylation sites (N-methyl/N-ethyl adjacent to an activating group) is 1. The molecule has 24 heavy (non-hydrogen) atoms. The average molecular weight is 348 g/mol. The number of carbonyl (C=O) groups is 1. The molecule has 6 nitrogen and oxygen atoms in total. The molecule has 0 saturated carbocycles. The van der Waals surface area contributed by atoms with Crippen molar-refractivity contribution in [2.24, 2.45) is 5.73 Å². The van der Waals surface area contributed by atoms with Crippen LogP contribution in [0, 0.1) is 0 Å². The van der Waals surface area contributed by atoms with Crippen LogP contribution in [0.5, 0.6) is 5.75 Å². The van der Waals surface area contributed by atoms with Crippen molar-refractivity contribution in [3.05, 3.63) is 29.6 Å². The number of hydrogen-bond acceptors (Lipinski definition) is 6. The molecule has 0 saturated heterocycles. The average Bonchev–Trinajstić information content (AvgIpc) is 3.01. The van der Waals surface area contributed by atoms with Crippen LogP contribution in [-0.4, -0.2) is 49.6 Å². The van der Waals surface area contributed by atoms with E-state index in [9.17, 15) is 4.79 Å². The van der Waals surface area contributed by atoms with E-state index in [4.69, 9.17) is 10.5 Å². The molecule has 2 rings (SSSR count). The Kier molecular flexibility index (Phi) is 7.17. The third-order valence-corrected chi connectivity index (χ3v) is 4.08. The minimum absolute atomic E-state index is 0.0585. The highest BCUT2D eigenvalue weighted by Gasteiger charge is 2.11. The minimum atomic E-state index is -0.0585. The predicted octanol–water partition coefficient (Wildman–Crippen LogP) is 2.43. The quantitative estimate of drug-likeness (QED) is 0.727. The lowest BCUT2D eigenvalue weighted by atomic mass is 10.1. The number of amides is 1. The highest BCUT2D eigenvalue weighted by atomic mass is 32.1. The van der Waals surface area contributed by atoms with E-state index in [0.717, 1.165) is 23.6 Å². The fraction of sp³-hybridized carbons (Fsp3) is 0.412. The first-order chi connectivity index (χ1) is 11.6. The summed E-state index contributed by atoms with van der Waals surface area (Å²) in [6.45, 7) is 1.96. The normalized spacial score (nSPS) is 10.8. The molecule has 0 atom stereocenters. The van der Waals surface area contributed by atoms with Crippen molar-refractivity contribution >= 4 is 22.4 Å². The Hall–Kier alpha value is -1.96. The Balaban J connectivity index is 2.05. The zero-order chi connectivity index (χ0) is 17.4. The number of nitrogens with one attached hydrogen (secondary N) is 1. The van der Waals surface area contributed by atoms with Crippen molar-refractivity contribution in [1.29, 1.82) is 0 Å². The van der Waals surface area contributed by atoms with E-state index in [1.54, 1.807) is 0 Å². The van der Waals surface area contributed by atoms with Gasteiger partial charge in [0.15, 0.2) is 5.13 Å². The monoisotopic (exact) mass is 348 g/mol. The summed E-state index contributed by atoms with van der Waals surface area (Å²) in [4.78, 5) is 18.3. The van der Waals surface area contributed by atoms with Gasteiger partial charge in [0.25, 0.3) is 0 Å². The van der Waals surface area contributed by atoms with E-state index in [1.165, 1.54) is 11.3 Å². The zero-order valence-corrected chi connectivity index (χ0v) is 14.9. The smallest absolute Gasteiger partial charge is 0.226 e. The lowest BCUT2D eigenvalue weighted by Gasteiger charge is -2.13. The van der Waals surface area contributed by atoms with Crippen LogP contribution in [-0.2, 0) is 4.79 Å². The maximum Gasteiger partial charge on any atom is 0.226 e. The van der Waals surface area contributed by atoms with Gasteiger partial charge in [-0.2, -0.15) is 0 Å². The van der Waals surface area contributed by atoms with Crippen molar-refractivity contribution in [2.75, 3.05) is 39.1 Å². The van der Waals surface area contributed by atoms with Crippen LogP contribution in [0.4, 0.5) is 5.13 Å². The molecule has 0 unspecified atom stereocenters. The van der Waals surface area contributed by atoms with Gasteiger partial charge in [0.05, 0.1) is 5.69 Å². The summed E-state index contributed by atoms with van der Waals surface area (Å²) >= 11 is 1.41. The first-order valence-electron chi connectivity index (χ1n) is 7.92. The largest absolute Gasteiger partial charge is 0.492 e. The second kappa shape index (κ2) is 9.36. The molecule has 7 heteroatoms. The van der Waals surface area contributed by atoms with Gasteiger partial charge in [0.2, 0.25) is 5.91 Å². The minimum Gasteiger partial charge on any atom is -0.492 e. The van der Waals surface area contributed by atoms with Gasteiger partial charge >= 0.3 is 0 Å². The number of thiazole rings is 1. The number of benzene rings is 1. The van der Waals surface area contributed by atoms with Crippen molar-refractivity contribution in [1.82, 2.24) is 9.88 Å². The topological polar surface area (TPSA) is 80.5 Å². The summed E-state index contributed by atoms with van der Waals surface area (Å²) in [5.41, 5.74) is 7.14. The summed E-state index contributed by atoms with van der Waals surface area (Å²) in [6, 6.07) is 7.80. The molecule has 0 aliphatic carbocycles.